The van der Waals surface area contributed by atoms with Gasteiger partial charge >= 0.3 is 0 Å². The van der Waals surface area contributed by atoms with Crippen molar-refractivity contribution in [1.29, 1.82) is 0 Å². The summed E-state index contributed by atoms with van der Waals surface area (Å²) >= 11 is 0. The van der Waals surface area contributed by atoms with E-state index < -0.39 is 0 Å². The molecular formula is C14H32N2. The highest BCUT2D eigenvalue weighted by atomic mass is 14.9. The van der Waals surface area contributed by atoms with Crippen LogP contribution in [0.3, 0.4) is 0 Å². The summed E-state index contributed by atoms with van der Waals surface area (Å²) in [5.41, 5.74) is 0.717. The van der Waals surface area contributed by atoms with Crippen LogP contribution in [0.4, 0.5) is 0 Å². The van der Waals surface area contributed by atoms with Crippen molar-refractivity contribution in [1.82, 2.24) is 10.6 Å². The molecule has 2 fully saturated rings. The van der Waals surface area contributed by atoms with Gasteiger partial charge in [-0.1, -0.05) is 27.7 Å². The lowest BCUT2D eigenvalue weighted by Gasteiger charge is -2.36. The molecule has 0 unspecified atom stereocenters. The Morgan fingerprint density at radius 2 is 1.06 bits per heavy atom. The van der Waals surface area contributed by atoms with Crippen molar-refractivity contribution in [3.8, 4) is 0 Å². The second-order valence-electron chi connectivity index (χ2n) is 4.35. The van der Waals surface area contributed by atoms with Crippen LogP contribution in [0.15, 0.2) is 0 Å². The van der Waals surface area contributed by atoms with Gasteiger partial charge in [-0.05, 0) is 63.7 Å². The molecule has 2 nitrogen and oxygen atoms in total. The first-order valence-electron chi connectivity index (χ1n) is 7.33. The Hall–Kier alpha value is -0.0800. The lowest BCUT2D eigenvalue weighted by atomic mass is 9.73. The van der Waals surface area contributed by atoms with E-state index in [1.165, 1.54) is 58.3 Å². The molecule has 2 rings (SSSR count). The highest BCUT2D eigenvalue weighted by Gasteiger charge is 2.31. The number of rotatable bonds is 0. The molecule has 0 aliphatic carbocycles. The third-order valence-corrected chi connectivity index (χ3v) is 3.56. The Bertz CT molecular complexity index is 130. The van der Waals surface area contributed by atoms with Crippen LogP contribution in [0.5, 0.6) is 0 Å². The van der Waals surface area contributed by atoms with Crippen LogP contribution in [-0.4, -0.2) is 26.2 Å². The molecule has 0 bridgehead atoms. The molecule has 0 amide bonds. The van der Waals surface area contributed by atoms with Gasteiger partial charge in [-0.25, -0.2) is 0 Å². The van der Waals surface area contributed by atoms with Crippen LogP contribution in [0.2, 0.25) is 0 Å². The molecule has 2 heterocycles. The zero-order valence-corrected chi connectivity index (χ0v) is 11.9. The molecular weight excluding hydrogens is 196 g/mol. The van der Waals surface area contributed by atoms with Crippen molar-refractivity contribution in [2.75, 3.05) is 26.2 Å². The second kappa shape index (κ2) is 10.1. The largest absolute Gasteiger partial charge is 0.317 e. The average Bonchev–Trinajstić information content (AvgIpc) is 2.61. The van der Waals surface area contributed by atoms with E-state index in [-0.39, 0.29) is 0 Å². The molecule has 0 aromatic heterocycles. The number of hydrogen-bond acceptors (Lipinski definition) is 2. The maximum absolute atomic E-state index is 3.50. The fraction of sp³-hybridized carbons (Fsp3) is 1.00. The maximum atomic E-state index is 3.50. The summed E-state index contributed by atoms with van der Waals surface area (Å²) < 4.78 is 0. The van der Waals surface area contributed by atoms with Crippen LogP contribution in [0.25, 0.3) is 0 Å². The van der Waals surface area contributed by atoms with E-state index in [4.69, 9.17) is 0 Å². The van der Waals surface area contributed by atoms with Gasteiger partial charge in [0.1, 0.15) is 0 Å². The molecule has 2 aliphatic heterocycles. The Balaban J connectivity index is 0.000000509. The molecule has 2 saturated heterocycles. The Labute approximate surface area is 103 Å². The minimum Gasteiger partial charge on any atom is -0.317 e. The Kier molecular flexibility index (Phi) is 10.0. The first-order chi connectivity index (χ1) is 7.91. The smallest absolute Gasteiger partial charge is 0.00436 e. The van der Waals surface area contributed by atoms with Crippen LogP contribution in [-0.2, 0) is 0 Å². The van der Waals surface area contributed by atoms with Crippen molar-refractivity contribution >= 4 is 0 Å². The van der Waals surface area contributed by atoms with E-state index in [0.717, 1.165) is 5.41 Å². The average molecular weight is 228 g/mol. The summed E-state index contributed by atoms with van der Waals surface area (Å²) in [4.78, 5) is 0. The lowest BCUT2D eigenvalue weighted by molar-refractivity contribution is 0.177. The molecule has 2 heteroatoms. The molecule has 0 aromatic carbocycles. The van der Waals surface area contributed by atoms with Gasteiger partial charge in [0.15, 0.2) is 0 Å². The van der Waals surface area contributed by atoms with Gasteiger partial charge < -0.3 is 10.6 Å². The monoisotopic (exact) mass is 228 g/mol. The topological polar surface area (TPSA) is 24.1 Å². The molecule has 0 atom stereocenters. The molecule has 0 saturated carbocycles. The quantitative estimate of drug-likeness (QED) is 0.665. The van der Waals surface area contributed by atoms with Gasteiger partial charge in [0, 0.05) is 0 Å². The maximum Gasteiger partial charge on any atom is -0.00436 e. The van der Waals surface area contributed by atoms with Crippen LogP contribution >= 0.6 is 0 Å². The summed E-state index contributed by atoms with van der Waals surface area (Å²) in [5, 5.41) is 6.95. The Morgan fingerprint density at radius 1 is 0.625 bits per heavy atom. The van der Waals surface area contributed by atoms with Gasteiger partial charge in [-0.3, -0.25) is 0 Å². The van der Waals surface area contributed by atoms with Crippen molar-refractivity contribution in [3.63, 3.8) is 0 Å². The first-order valence-corrected chi connectivity index (χ1v) is 7.33. The summed E-state index contributed by atoms with van der Waals surface area (Å²) in [6.45, 7) is 13.0. The zero-order chi connectivity index (χ0) is 12.3. The van der Waals surface area contributed by atoms with Gasteiger partial charge in [0.2, 0.25) is 0 Å². The third-order valence-electron chi connectivity index (χ3n) is 3.56. The summed E-state index contributed by atoms with van der Waals surface area (Å²) in [6, 6.07) is 0. The molecule has 0 aromatic rings. The van der Waals surface area contributed by atoms with Crippen molar-refractivity contribution in [2.45, 2.75) is 59.8 Å². The van der Waals surface area contributed by atoms with Crippen LogP contribution in [0, 0.1) is 5.41 Å². The standard InChI is InChI=1S/C10H20N2.2C2H6/c1-2-10(3-7-11-6-1)4-8-12-9-5-10;2*1-2/h11-12H,1-9H2;2*1-2H3. The fourth-order valence-electron chi connectivity index (χ4n) is 2.65. The number of hydrogen-bond donors (Lipinski definition) is 2. The van der Waals surface area contributed by atoms with Crippen molar-refractivity contribution in [2.24, 2.45) is 5.41 Å². The number of piperidine rings is 1. The summed E-state index contributed by atoms with van der Waals surface area (Å²) in [7, 11) is 0. The molecule has 1 spiro atoms. The van der Waals surface area contributed by atoms with Gasteiger partial charge in [0.05, 0.1) is 0 Å². The van der Waals surface area contributed by atoms with E-state index in [9.17, 15) is 0 Å². The molecule has 16 heavy (non-hydrogen) atoms. The van der Waals surface area contributed by atoms with Gasteiger partial charge in [-0.15, -0.1) is 0 Å². The van der Waals surface area contributed by atoms with Gasteiger partial charge in [-0.2, -0.15) is 0 Å². The van der Waals surface area contributed by atoms with E-state index in [2.05, 4.69) is 10.6 Å². The minimum atomic E-state index is 0.717. The normalized spacial score (nSPS) is 23.2. The summed E-state index contributed by atoms with van der Waals surface area (Å²) in [5.74, 6) is 0. The molecule has 0 radical (unpaired) electrons. The van der Waals surface area contributed by atoms with Crippen LogP contribution < -0.4 is 10.6 Å². The SMILES string of the molecule is C1CNCCC2(C1)CCNCC2.CC.CC. The number of nitrogens with one attached hydrogen (secondary N) is 2. The first kappa shape index (κ1) is 15.9. The van der Waals surface area contributed by atoms with Crippen molar-refractivity contribution in [3.05, 3.63) is 0 Å². The second-order valence-corrected chi connectivity index (χ2v) is 4.35. The third kappa shape index (κ3) is 5.31. The highest BCUT2D eigenvalue weighted by molar-refractivity contribution is 4.86. The van der Waals surface area contributed by atoms with E-state index in [1.807, 2.05) is 27.7 Å². The van der Waals surface area contributed by atoms with E-state index in [0.29, 0.717) is 0 Å². The van der Waals surface area contributed by atoms with Crippen LogP contribution in [0.1, 0.15) is 59.8 Å². The predicted octanol–water partition coefficient (Wildman–Crippen LogP) is 3.18. The molecule has 98 valence electrons. The van der Waals surface area contributed by atoms with Gasteiger partial charge in [0.25, 0.3) is 0 Å². The predicted molar refractivity (Wildman–Crippen MR) is 74.0 cm³/mol. The van der Waals surface area contributed by atoms with E-state index >= 15 is 0 Å². The Morgan fingerprint density at radius 3 is 1.56 bits per heavy atom. The molecule has 2 aliphatic rings. The zero-order valence-electron chi connectivity index (χ0n) is 11.9. The molecule has 2 N–H and O–H groups in total. The summed E-state index contributed by atoms with van der Waals surface area (Å²) in [6.07, 6.45) is 7.08. The lowest BCUT2D eigenvalue weighted by Crippen LogP contribution is -2.37. The minimum absolute atomic E-state index is 0.717. The van der Waals surface area contributed by atoms with Crippen molar-refractivity contribution < 1.29 is 0 Å². The highest BCUT2D eigenvalue weighted by Crippen LogP contribution is 2.37. The fourth-order valence-corrected chi connectivity index (χ4v) is 2.65. The van der Waals surface area contributed by atoms with E-state index in [1.54, 1.807) is 0 Å².